The Morgan fingerprint density at radius 3 is 3.22 bits per heavy atom. The fourth-order valence-corrected chi connectivity index (χ4v) is 2.10. The first kappa shape index (κ1) is 13.3. The van der Waals surface area contributed by atoms with Crippen LogP contribution in [-0.2, 0) is 11.3 Å². The van der Waals surface area contributed by atoms with E-state index in [-0.39, 0.29) is 10.6 Å². The van der Waals surface area contributed by atoms with Crippen molar-refractivity contribution in [2.24, 2.45) is 0 Å². The molecule has 1 fully saturated rings. The highest BCUT2D eigenvalue weighted by atomic mass is 35.5. The Balaban J connectivity index is 2.12. The zero-order valence-corrected chi connectivity index (χ0v) is 11.0. The van der Waals surface area contributed by atoms with E-state index in [1.54, 1.807) is 13.3 Å². The van der Waals surface area contributed by atoms with Crippen LogP contribution in [0.15, 0.2) is 11.0 Å². The van der Waals surface area contributed by atoms with Crippen LogP contribution in [-0.4, -0.2) is 42.6 Å². The van der Waals surface area contributed by atoms with Gasteiger partial charge in [0.2, 0.25) is 0 Å². The topological polar surface area (TPSA) is 68.2 Å². The lowest BCUT2D eigenvalue weighted by molar-refractivity contribution is 0.182. The van der Waals surface area contributed by atoms with Gasteiger partial charge in [0, 0.05) is 19.7 Å². The predicted octanol–water partition coefficient (Wildman–Crippen LogP) is 0.317. The molecular weight excluding hydrogens is 256 g/mol. The lowest BCUT2D eigenvalue weighted by Crippen LogP contribution is -2.28. The molecule has 1 aliphatic heterocycles. The van der Waals surface area contributed by atoms with Crippen molar-refractivity contribution in [1.82, 2.24) is 15.1 Å². The van der Waals surface area contributed by atoms with E-state index in [2.05, 4.69) is 15.7 Å². The maximum absolute atomic E-state index is 11.9. The zero-order valence-electron chi connectivity index (χ0n) is 10.3. The molecule has 1 aliphatic rings. The molecule has 0 amide bonds. The molecular formula is C11H17ClN4O2. The van der Waals surface area contributed by atoms with Gasteiger partial charge in [0.15, 0.2) is 0 Å². The largest absolute Gasteiger partial charge is 0.383 e. The first-order valence-electron chi connectivity index (χ1n) is 5.94. The molecule has 0 aliphatic carbocycles. The number of ether oxygens (including phenoxy) is 1. The second kappa shape index (κ2) is 6.17. The third kappa shape index (κ3) is 3.01. The average Bonchev–Trinajstić information content (AvgIpc) is 2.87. The number of hydrogen-bond acceptors (Lipinski definition) is 5. The molecule has 7 heteroatoms. The van der Waals surface area contributed by atoms with E-state index in [1.165, 1.54) is 4.68 Å². The van der Waals surface area contributed by atoms with Crippen LogP contribution < -0.4 is 16.2 Å². The van der Waals surface area contributed by atoms with Gasteiger partial charge in [0.25, 0.3) is 5.56 Å². The number of aromatic nitrogens is 2. The molecule has 6 nitrogen and oxygen atoms in total. The Hall–Kier alpha value is -1.11. The van der Waals surface area contributed by atoms with Crippen LogP contribution in [0.1, 0.15) is 6.42 Å². The summed E-state index contributed by atoms with van der Waals surface area (Å²) in [6.45, 7) is 2.69. The molecule has 1 atom stereocenters. The second-order valence-corrected chi connectivity index (χ2v) is 4.61. The van der Waals surface area contributed by atoms with Crippen LogP contribution in [0.5, 0.6) is 0 Å². The van der Waals surface area contributed by atoms with Crippen LogP contribution in [0.4, 0.5) is 5.69 Å². The van der Waals surface area contributed by atoms with Gasteiger partial charge < -0.3 is 15.4 Å². The normalized spacial score (nSPS) is 19.1. The van der Waals surface area contributed by atoms with Gasteiger partial charge in [-0.2, -0.15) is 5.10 Å². The second-order valence-electron chi connectivity index (χ2n) is 4.23. The molecule has 2 rings (SSSR count). The first-order chi connectivity index (χ1) is 8.72. The monoisotopic (exact) mass is 272 g/mol. The molecule has 1 saturated heterocycles. The van der Waals surface area contributed by atoms with Crippen molar-refractivity contribution in [3.05, 3.63) is 21.6 Å². The van der Waals surface area contributed by atoms with Gasteiger partial charge in [-0.05, 0) is 13.0 Å². The van der Waals surface area contributed by atoms with Gasteiger partial charge in [-0.25, -0.2) is 4.68 Å². The summed E-state index contributed by atoms with van der Waals surface area (Å²) in [5.74, 6) is 0. The van der Waals surface area contributed by atoms with E-state index in [4.69, 9.17) is 16.3 Å². The van der Waals surface area contributed by atoms with Gasteiger partial charge in [-0.3, -0.25) is 4.79 Å². The molecule has 0 saturated carbocycles. The number of anilines is 1. The number of nitrogens with zero attached hydrogens (tertiary/aromatic N) is 2. The van der Waals surface area contributed by atoms with Crippen molar-refractivity contribution < 1.29 is 4.74 Å². The third-order valence-electron chi connectivity index (χ3n) is 2.91. The minimum Gasteiger partial charge on any atom is -0.383 e. The summed E-state index contributed by atoms with van der Waals surface area (Å²) in [6, 6.07) is 0.304. The van der Waals surface area contributed by atoms with Gasteiger partial charge in [0.05, 0.1) is 25.0 Å². The summed E-state index contributed by atoms with van der Waals surface area (Å²) in [6.07, 6.45) is 2.61. The van der Waals surface area contributed by atoms with Gasteiger partial charge >= 0.3 is 0 Å². The molecule has 18 heavy (non-hydrogen) atoms. The number of nitrogens with one attached hydrogen (secondary N) is 2. The standard InChI is InChI=1S/C11H17ClN4O2/c1-18-5-4-16-11(17)10(12)9(7-14-16)15-8-2-3-13-6-8/h7-8,13,15H,2-6H2,1H3. The fraction of sp³-hybridized carbons (Fsp3) is 0.636. The van der Waals surface area contributed by atoms with Crippen LogP contribution in [0.25, 0.3) is 0 Å². The molecule has 1 aromatic heterocycles. The summed E-state index contributed by atoms with van der Waals surface area (Å²) in [5.41, 5.74) is 0.314. The highest BCUT2D eigenvalue weighted by Gasteiger charge is 2.17. The van der Waals surface area contributed by atoms with Crippen molar-refractivity contribution in [2.45, 2.75) is 19.0 Å². The summed E-state index contributed by atoms with van der Waals surface area (Å²) >= 11 is 6.06. The minimum atomic E-state index is -0.287. The first-order valence-corrected chi connectivity index (χ1v) is 6.32. The lowest BCUT2D eigenvalue weighted by atomic mass is 10.2. The Morgan fingerprint density at radius 1 is 1.72 bits per heavy atom. The summed E-state index contributed by atoms with van der Waals surface area (Å²) < 4.78 is 6.22. The molecule has 0 bridgehead atoms. The molecule has 0 spiro atoms. The maximum Gasteiger partial charge on any atom is 0.287 e. The zero-order chi connectivity index (χ0) is 13.0. The van der Waals surface area contributed by atoms with E-state index in [1.807, 2.05) is 0 Å². The molecule has 1 aromatic rings. The Morgan fingerprint density at radius 2 is 2.56 bits per heavy atom. The van der Waals surface area contributed by atoms with Crippen molar-refractivity contribution in [3.8, 4) is 0 Å². The molecule has 100 valence electrons. The average molecular weight is 273 g/mol. The summed E-state index contributed by atoms with van der Waals surface area (Å²) in [5, 5.41) is 10.7. The number of rotatable bonds is 5. The maximum atomic E-state index is 11.9. The van der Waals surface area contributed by atoms with Crippen molar-refractivity contribution in [3.63, 3.8) is 0 Å². The van der Waals surface area contributed by atoms with Gasteiger partial charge in [-0.15, -0.1) is 0 Å². The van der Waals surface area contributed by atoms with Gasteiger partial charge in [-0.1, -0.05) is 11.6 Å². The molecule has 1 unspecified atom stereocenters. The van der Waals surface area contributed by atoms with Gasteiger partial charge in [0.1, 0.15) is 5.02 Å². The van der Waals surface area contributed by atoms with Crippen molar-refractivity contribution >= 4 is 17.3 Å². The minimum absolute atomic E-state index is 0.188. The fourth-order valence-electron chi connectivity index (χ4n) is 1.90. The highest BCUT2D eigenvalue weighted by molar-refractivity contribution is 6.32. The Labute approximate surface area is 110 Å². The predicted molar refractivity (Wildman–Crippen MR) is 70.3 cm³/mol. The van der Waals surface area contributed by atoms with Crippen molar-refractivity contribution in [2.75, 3.05) is 32.1 Å². The molecule has 2 N–H and O–H groups in total. The quantitative estimate of drug-likeness (QED) is 0.808. The Kier molecular flexibility index (Phi) is 4.57. The van der Waals surface area contributed by atoms with E-state index < -0.39 is 0 Å². The van der Waals surface area contributed by atoms with Crippen LogP contribution in [0.3, 0.4) is 0 Å². The third-order valence-corrected chi connectivity index (χ3v) is 3.28. The smallest absolute Gasteiger partial charge is 0.287 e. The van der Waals surface area contributed by atoms with Crippen LogP contribution >= 0.6 is 11.6 Å². The van der Waals surface area contributed by atoms with E-state index >= 15 is 0 Å². The van der Waals surface area contributed by atoms with E-state index in [9.17, 15) is 4.79 Å². The van der Waals surface area contributed by atoms with Crippen molar-refractivity contribution in [1.29, 1.82) is 0 Å². The van der Waals surface area contributed by atoms with E-state index in [0.717, 1.165) is 19.5 Å². The number of methoxy groups -OCH3 is 1. The molecule has 0 radical (unpaired) electrons. The van der Waals surface area contributed by atoms with E-state index in [0.29, 0.717) is 24.9 Å². The Bertz CT molecular complexity index is 457. The van der Waals surface area contributed by atoms with Crippen LogP contribution in [0, 0.1) is 0 Å². The lowest BCUT2D eigenvalue weighted by Gasteiger charge is -2.14. The molecule has 2 heterocycles. The molecule has 0 aromatic carbocycles. The number of halogens is 1. The number of hydrogen-bond donors (Lipinski definition) is 2. The summed E-state index contributed by atoms with van der Waals surface area (Å²) in [7, 11) is 1.58. The summed E-state index contributed by atoms with van der Waals surface area (Å²) in [4.78, 5) is 11.9. The SMILES string of the molecule is COCCn1ncc(NC2CCNC2)c(Cl)c1=O. The van der Waals surface area contributed by atoms with Crippen LogP contribution in [0.2, 0.25) is 5.02 Å². The highest BCUT2D eigenvalue weighted by Crippen LogP contribution is 2.17.